The lowest BCUT2D eigenvalue weighted by Crippen LogP contribution is -2.30. The van der Waals surface area contributed by atoms with Crippen molar-refractivity contribution < 1.29 is 80.2 Å². The molecule has 19 heteroatoms. The normalized spacial score (nSPS) is 13.9. The number of carbonyl (C=O) groups is 4. The van der Waals surface area contributed by atoms with Gasteiger partial charge < -0.3 is 33.8 Å². The van der Waals surface area contributed by atoms with E-state index in [-0.39, 0.29) is 25.7 Å². The third-order valence-electron chi connectivity index (χ3n) is 19.0. The molecule has 0 heterocycles. The summed E-state index contributed by atoms with van der Waals surface area (Å²) >= 11 is 0. The Bertz CT molecular complexity index is 1920. The molecule has 17 nitrogen and oxygen atoms in total. The highest BCUT2D eigenvalue weighted by molar-refractivity contribution is 7.47. The number of hydrogen-bond donors (Lipinski definition) is 3. The highest BCUT2D eigenvalue weighted by atomic mass is 31.2. The third-order valence-corrected chi connectivity index (χ3v) is 20.9. The van der Waals surface area contributed by atoms with Gasteiger partial charge in [-0.2, -0.15) is 0 Å². The number of aliphatic hydroxyl groups excluding tert-OH is 1. The first-order valence-electron chi connectivity index (χ1n) is 42.0. The fourth-order valence-corrected chi connectivity index (χ4v) is 14.1. The predicted molar refractivity (Wildman–Crippen MR) is 409 cm³/mol. The smallest absolute Gasteiger partial charge is 0.462 e. The van der Waals surface area contributed by atoms with Crippen molar-refractivity contribution in [3.05, 3.63) is 0 Å². The zero-order valence-electron chi connectivity index (χ0n) is 65.5. The second-order valence-electron chi connectivity index (χ2n) is 30.1. The number of phosphoric ester groups is 2. The summed E-state index contributed by atoms with van der Waals surface area (Å²) < 4.78 is 68.7. The Morgan fingerprint density at radius 3 is 0.680 bits per heavy atom. The molecule has 2 unspecified atom stereocenters. The zero-order valence-corrected chi connectivity index (χ0v) is 67.3. The van der Waals surface area contributed by atoms with E-state index < -0.39 is 97.5 Å². The Kier molecular flexibility index (Phi) is 71.2. The molecule has 100 heavy (non-hydrogen) atoms. The van der Waals surface area contributed by atoms with Gasteiger partial charge in [0.25, 0.3) is 0 Å². The molecule has 0 bridgehead atoms. The van der Waals surface area contributed by atoms with E-state index in [0.29, 0.717) is 25.7 Å². The van der Waals surface area contributed by atoms with Gasteiger partial charge in [-0.05, 0) is 37.5 Å². The summed E-state index contributed by atoms with van der Waals surface area (Å²) in [5.74, 6) is -0.554. The van der Waals surface area contributed by atoms with E-state index in [2.05, 4.69) is 41.5 Å². The second-order valence-corrected chi connectivity index (χ2v) is 33.0. The molecule has 594 valence electrons. The maximum atomic E-state index is 13.1. The van der Waals surface area contributed by atoms with Crippen LogP contribution in [0.2, 0.25) is 0 Å². The number of carbonyl (C=O) groups excluding carboxylic acids is 4. The minimum atomic E-state index is -4.96. The van der Waals surface area contributed by atoms with E-state index in [9.17, 15) is 43.2 Å². The molecule has 0 spiro atoms. The lowest BCUT2D eigenvalue weighted by molar-refractivity contribution is -0.161. The van der Waals surface area contributed by atoms with Crippen LogP contribution in [0.4, 0.5) is 0 Å². The number of phosphoric acid groups is 2. The van der Waals surface area contributed by atoms with Gasteiger partial charge in [0, 0.05) is 25.7 Å². The van der Waals surface area contributed by atoms with Crippen LogP contribution in [0.5, 0.6) is 0 Å². The zero-order chi connectivity index (χ0) is 73.5. The number of rotatable bonds is 80. The number of hydrogen-bond acceptors (Lipinski definition) is 15. The van der Waals surface area contributed by atoms with Gasteiger partial charge in [0.1, 0.15) is 19.3 Å². The van der Waals surface area contributed by atoms with Gasteiger partial charge in [-0.15, -0.1) is 0 Å². The van der Waals surface area contributed by atoms with E-state index in [4.69, 9.17) is 37.0 Å². The molecule has 0 saturated carbocycles. The van der Waals surface area contributed by atoms with Crippen molar-refractivity contribution in [3.8, 4) is 0 Å². The van der Waals surface area contributed by atoms with E-state index in [1.807, 2.05) is 0 Å². The molecule has 0 aliphatic heterocycles. The highest BCUT2D eigenvalue weighted by Gasteiger charge is 2.30. The lowest BCUT2D eigenvalue weighted by atomic mass is 10.0. The predicted octanol–water partition coefficient (Wildman–Crippen LogP) is 24.3. The van der Waals surface area contributed by atoms with Crippen LogP contribution in [0.25, 0.3) is 0 Å². The van der Waals surface area contributed by atoms with Gasteiger partial charge >= 0.3 is 39.5 Å². The van der Waals surface area contributed by atoms with E-state index in [0.717, 1.165) is 102 Å². The summed E-state index contributed by atoms with van der Waals surface area (Å²) in [7, 11) is -9.92. The van der Waals surface area contributed by atoms with Crippen molar-refractivity contribution in [1.29, 1.82) is 0 Å². The van der Waals surface area contributed by atoms with Crippen molar-refractivity contribution in [2.75, 3.05) is 39.6 Å². The summed E-state index contributed by atoms with van der Waals surface area (Å²) in [5.41, 5.74) is 0. The maximum absolute atomic E-state index is 13.1. The molecule has 0 fully saturated rings. The van der Waals surface area contributed by atoms with Crippen molar-refractivity contribution in [2.45, 2.75) is 445 Å². The van der Waals surface area contributed by atoms with Crippen molar-refractivity contribution in [3.63, 3.8) is 0 Å². The quantitative estimate of drug-likeness (QED) is 0.0222. The standard InChI is InChI=1S/C81H158O17P2/c1-7-9-11-13-15-17-18-19-20-21-22-23-24-25-26-29-35-41-47-53-59-65-80(85)98-77(70-92-79(84)64-58-52-46-40-34-30-27-28-32-38-43-49-55-61-73(3)4)72-96-100(89,90)94-68-75(82)67-93-99(87,88)95-71-76(69-91-78(83)63-57-51-45-37-16-14-12-10-8-2)97-81(86)66-60-54-48-42-36-31-33-39-44-50-56-62-74(5)6/h73-77,82H,7-72H2,1-6H3,(H,87,88)(H,89,90)/t75-,76+,77+/m0/s1. The first kappa shape index (κ1) is 98.1. The molecule has 0 aliphatic rings. The van der Waals surface area contributed by atoms with Gasteiger partial charge in [0.05, 0.1) is 26.4 Å². The van der Waals surface area contributed by atoms with E-state index in [1.54, 1.807) is 0 Å². The second kappa shape index (κ2) is 72.6. The van der Waals surface area contributed by atoms with E-state index >= 15 is 0 Å². The Hall–Kier alpha value is -1.94. The highest BCUT2D eigenvalue weighted by Crippen LogP contribution is 2.45. The van der Waals surface area contributed by atoms with Gasteiger partial charge in [0.2, 0.25) is 0 Å². The molecule has 0 amide bonds. The first-order valence-corrected chi connectivity index (χ1v) is 45.0. The van der Waals surface area contributed by atoms with Crippen molar-refractivity contribution in [1.82, 2.24) is 0 Å². The fraction of sp³-hybridized carbons (Fsp3) is 0.951. The van der Waals surface area contributed by atoms with Gasteiger partial charge in [-0.3, -0.25) is 37.3 Å². The molecule has 0 saturated heterocycles. The van der Waals surface area contributed by atoms with Gasteiger partial charge in [0.15, 0.2) is 12.2 Å². The summed E-state index contributed by atoms with van der Waals surface area (Å²) in [4.78, 5) is 73.0. The number of ether oxygens (including phenoxy) is 4. The van der Waals surface area contributed by atoms with Crippen LogP contribution in [0.1, 0.15) is 427 Å². The number of esters is 4. The van der Waals surface area contributed by atoms with Crippen LogP contribution >= 0.6 is 15.6 Å². The van der Waals surface area contributed by atoms with Crippen molar-refractivity contribution in [2.24, 2.45) is 11.8 Å². The van der Waals surface area contributed by atoms with Crippen molar-refractivity contribution >= 4 is 39.5 Å². The molecule has 0 radical (unpaired) electrons. The summed E-state index contributed by atoms with van der Waals surface area (Å²) in [6.07, 6.45) is 62.5. The molecule has 0 rings (SSSR count). The number of aliphatic hydroxyl groups is 1. The monoisotopic (exact) mass is 1470 g/mol. The van der Waals surface area contributed by atoms with Crippen LogP contribution < -0.4 is 0 Å². The Balaban J connectivity index is 5.21. The third kappa shape index (κ3) is 74.3. The minimum absolute atomic E-state index is 0.107. The molecule has 0 aromatic rings. The Labute approximate surface area is 613 Å². The Morgan fingerprint density at radius 1 is 0.270 bits per heavy atom. The first-order chi connectivity index (χ1) is 48.4. The largest absolute Gasteiger partial charge is 0.472 e. The average Bonchev–Trinajstić information content (AvgIpc) is 0.935. The Morgan fingerprint density at radius 2 is 0.460 bits per heavy atom. The van der Waals surface area contributed by atoms with E-state index in [1.165, 1.54) is 244 Å². The summed E-state index contributed by atoms with van der Waals surface area (Å²) in [5, 5.41) is 10.6. The minimum Gasteiger partial charge on any atom is -0.462 e. The molecule has 0 aromatic heterocycles. The molecular formula is C81H158O17P2. The maximum Gasteiger partial charge on any atom is 0.472 e. The van der Waals surface area contributed by atoms with Crippen LogP contribution in [-0.4, -0.2) is 96.7 Å². The van der Waals surface area contributed by atoms with Crippen LogP contribution in [0, 0.1) is 11.8 Å². The average molecular weight is 1470 g/mol. The van der Waals surface area contributed by atoms with Gasteiger partial charge in [-0.25, -0.2) is 9.13 Å². The molecule has 0 aliphatic carbocycles. The van der Waals surface area contributed by atoms with Crippen LogP contribution in [0.15, 0.2) is 0 Å². The topological polar surface area (TPSA) is 237 Å². The molecule has 3 N–H and O–H groups in total. The molecular weight excluding hydrogens is 1310 g/mol. The van der Waals surface area contributed by atoms with Crippen LogP contribution in [0.3, 0.4) is 0 Å². The molecule has 0 aromatic carbocycles. The summed E-state index contributed by atoms with van der Waals surface area (Å²) in [6, 6.07) is 0. The van der Waals surface area contributed by atoms with Crippen LogP contribution in [-0.2, 0) is 65.4 Å². The van der Waals surface area contributed by atoms with Gasteiger partial charge in [-0.1, -0.05) is 375 Å². The molecule has 5 atom stereocenters. The lowest BCUT2D eigenvalue weighted by Gasteiger charge is -2.21. The fourth-order valence-electron chi connectivity index (χ4n) is 12.5. The SMILES string of the molecule is CCCCCCCCCCCCCCCCCCCCCCCC(=O)O[C@H](COC(=O)CCCCCCCCCCCCCCCC(C)C)COP(=O)(O)OC[C@@H](O)COP(=O)(O)OC[C@@H](COC(=O)CCCCCCCCCCC)OC(=O)CCCCCCCCCCCCCC(C)C. The number of unbranched alkanes of at least 4 members (excludes halogenated alkanes) is 50. The summed E-state index contributed by atoms with van der Waals surface area (Å²) in [6.45, 7) is 9.63.